The van der Waals surface area contributed by atoms with Crippen molar-refractivity contribution in [3.8, 4) is 22.3 Å². The van der Waals surface area contributed by atoms with Gasteiger partial charge >= 0.3 is 0 Å². The lowest BCUT2D eigenvalue weighted by Gasteiger charge is -2.13. The van der Waals surface area contributed by atoms with Gasteiger partial charge in [-0.25, -0.2) is 9.98 Å². The van der Waals surface area contributed by atoms with Crippen LogP contribution in [-0.2, 0) is 0 Å². The predicted octanol–water partition coefficient (Wildman–Crippen LogP) is 13.7. The molecular formula is C51H32N2O2. The van der Waals surface area contributed by atoms with Crippen LogP contribution in [0.2, 0.25) is 0 Å². The maximum atomic E-state index is 6.53. The molecule has 4 nitrogen and oxygen atoms in total. The molecule has 55 heavy (non-hydrogen) atoms. The van der Waals surface area contributed by atoms with E-state index in [1.54, 1.807) is 0 Å². The van der Waals surface area contributed by atoms with Crippen LogP contribution in [0.4, 0.5) is 0 Å². The molecule has 3 heterocycles. The Balaban J connectivity index is 1.10. The summed E-state index contributed by atoms with van der Waals surface area (Å²) in [5.74, 6) is 0.676. The average Bonchev–Trinajstić information content (AvgIpc) is 3.74. The van der Waals surface area contributed by atoms with Crippen molar-refractivity contribution in [3.63, 3.8) is 0 Å². The van der Waals surface area contributed by atoms with Gasteiger partial charge in [-0.15, -0.1) is 0 Å². The van der Waals surface area contributed by atoms with Gasteiger partial charge in [-0.05, 0) is 75.0 Å². The molecule has 0 unspecified atom stereocenters. The maximum Gasteiger partial charge on any atom is 0.160 e. The highest BCUT2D eigenvalue weighted by Gasteiger charge is 2.21. The van der Waals surface area contributed by atoms with E-state index in [1.807, 2.05) is 36.4 Å². The molecule has 0 amide bonds. The molecule has 0 radical (unpaired) electrons. The topological polar surface area (TPSA) is 51.0 Å². The minimum absolute atomic E-state index is 0.635. The summed E-state index contributed by atoms with van der Waals surface area (Å²) in [6.45, 7) is 0. The van der Waals surface area contributed by atoms with Gasteiger partial charge in [-0.3, -0.25) is 0 Å². The number of nitrogens with zero attached hydrogens (tertiary/aromatic N) is 2. The first-order valence-electron chi connectivity index (χ1n) is 18.6. The Bertz CT molecular complexity index is 3220. The van der Waals surface area contributed by atoms with Crippen molar-refractivity contribution in [2.75, 3.05) is 0 Å². The van der Waals surface area contributed by atoms with Gasteiger partial charge in [0, 0.05) is 39.1 Å². The van der Waals surface area contributed by atoms with Crippen LogP contribution in [0.25, 0.3) is 82.6 Å². The van der Waals surface area contributed by atoms with E-state index in [1.165, 1.54) is 5.56 Å². The normalized spacial score (nSPS) is 13.3. The molecule has 0 bridgehead atoms. The summed E-state index contributed by atoms with van der Waals surface area (Å²) in [5, 5.41) is 6.55. The number of amidine groups is 1. The van der Waals surface area contributed by atoms with Gasteiger partial charge in [0.15, 0.2) is 5.84 Å². The fraction of sp³-hybridized carbons (Fsp3) is 0.0196. The molecule has 11 rings (SSSR count). The SMILES string of the molecule is C1=C(c2cccc3oc4ccccc4c23)N=C(c2ccc(-c3cccc4oc5cc(-c6ccccc6)ccc5c34)c3ccccc23)N=C(c2ccccc2)C1. The van der Waals surface area contributed by atoms with Crippen LogP contribution in [0.3, 0.4) is 0 Å². The second-order valence-electron chi connectivity index (χ2n) is 14.0. The second-order valence-corrected chi connectivity index (χ2v) is 14.0. The molecule has 1 aliphatic heterocycles. The number of hydrogen-bond donors (Lipinski definition) is 0. The molecule has 0 saturated carbocycles. The van der Waals surface area contributed by atoms with E-state index in [2.05, 4.69) is 146 Å². The average molecular weight is 705 g/mol. The van der Waals surface area contributed by atoms with Crippen molar-refractivity contribution >= 4 is 71.9 Å². The predicted molar refractivity (Wildman–Crippen MR) is 228 cm³/mol. The first-order chi connectivity index (χ1) is 27.3. The highest BCUT2D eigenvalue weighted by atomic mass is 16.3. The standard InChI is InChI=1S/C51H32N2O2/c1-3-13-32(14-4-1)34-25-26-42-48(31-34)55-46-23-11-20-38(49(42)46)37-27-28-39(36-18-8-7-17-35(36)37)51-52-43(33-15-5-2-6-16-33)29-30-44(53-51)40-21-12-24-47-50(40)41-19-9-10-22-45(41)54-47/h1-28,30-31H,29H2. The third-order valence-electron chi connectivity index (χ3n) is 10.8. The van der Waals surface area contributed by atoms with E-state index in [9.17, 15) is 0 Å². The van der Waals surface area contributed by atoms with Crippen LogP contribution in [0, 0.1) is 0 Å². The van der Waals surface area contributed by atoms with Gasteiger partial charge in [0.2, 0.25) is 0 Å². The lowest BCUT2D eigenvalue weighted by Crippen LogP contribution is -2.05. The van der Waals surface area contributed by atoms with Crippen molar-refractivity contribution < 1.29 is 8.83 Å². The van der Waals surface area contributed by atoms with E-state index in [-0.39, 0.29) is 0 Å². The Kier molecular flexibility index (Phi) is 7.20. The van der Waals surface area contributed by atoms with Gasteiger partial charge in [-0.1, -0.05) is 146 Å². The summed E-state index contributed by atoms with van der Waals surface area (Å²) < 4.78 is 12.8. The van der Waals surface area contributed by atoms with Crippen LogP contribution < -0.4 is 0 Å². The summed E-state index contributed by atoms with van der Waals surface area (Å²) in [6, 6.07) is 61.2. The third-order valence-corrected chi connectivity index (χ3v) is 10.8. The fourth-order valence-electron chi connectivity index (χ4n) is 8.23. The molecule has 1 aliphatic rings. The van der Waals surface area contributed by atoms with E-state index in [4.69, 9.17) is 18.8 Å². The molecule has 0 spiro atoms. The smallest absolute Gasteiger partial charge is 0.160 e. The Labute approximate surface area is 317 Å². The number of para-hydroxylation sites is 1. The van der Waals surface area contributed by atoms with Crippen LogP contribution in [-0.4, -0.2) is 11.5 Å². The summed E-state index contributed by atoms with van der Waals surface area (Å²) >= 11 is 0. The van der Waals surface area contributed by atoms with E-state index in [0.29, 0.717) is 12.3 Å². The minimum Gasteiger partial charge on any atom is -0.456 e. The molecule has 0 aliphatic carbocycles. The molecule has 0 fully saturated rings. The van der Waals surface area contributed by atoms with Gasteiger partial charge < -0.3 is 8.83 Å². The second kappa shape index (κ2) is 12.7. The first-order valence-corrected chi connectivity index (χ1v) is 18.6. The molecule has 0 saturated heterocycles. The number of rotatable bonds is 5. The van der Waals surface area contributed by atoms with Gasteiger partial charge in [0.05, 0.1) is 11.4 Å². The third kappa shape index (κ3) is 5.22. The summed E-state index contributed by atoms with van der Waals surface area (Å²) in [7, 11) is 0. The van der Waals surface area contributed by atoms with Crippen LogP contribution >= 0.6 is 0 Å². The quantitative estimate of drug-likeness (QED) is 0.179. The molecule has 8 aromatic carbocycles. The molecule has 10 aromatic rings. The van der Waals surface area contributed by atoms with Crippen LogP contribution in [0.5, 0.6) is 0 Å². The fourth-order valence-corrected chi connectivity index (χ4v) is 8.23. The molecule has 4 heteroatoms. The van der Waals surface area contributed by atoms with Crippen LogP contribution in [0.1, 0.15) is 23.1 Å². The molecule has 258 valence electrons. The van der Waals surface area contributed by atoms with Gasteiger partial charge in [-0.2, -0.15) is 0 Å². The van der Waals surface area contributed by atoms with Crippen molar-refractivity contribution in [2.45, 2.75) is 6.42 Å². The number of furan rings is 2. The zero-order valence-corrected chi connectivity index (χ0v) is 29.7. The number of fused-ring (bicyclic) bond motifs is 7. The van der Waals surface area contributed by atoms with Crippen molar-refractivity contribution in [2.24, 2.45) is 9.98 Å². The highest BCUT2D eigenvalue weighted by Crippen LogP contribution is 2.42. The van der Waals surface area contributed by atoms with E-state index >= 15 is 0 Å². The molecular weight excluding hydrogens is 673 g/mol. The van der Waals surface area contributed by atoms with Crippen molar-refractivity contribution in [1.29, 1.82) is 0 Å². The van der Waals surface area contributed by atoms with Crippen molar-refractivity contribution in [1.82, 2.24) is 0 Å². The summed E-state index contributed by atoms with van der Waals surface area (Å²) in [4.78, 5) is 10.8. The summed E-state index contributed by atoms with van der Waals surface area (Å²) in [5.41, 5.74) is 12.9. The molecule has 0 atom stereocenters. The number of benzene rings is 8. The number of allylic oxidation sites excluding steroid dienone is 1. The Hall–Kier alpha value is -7.30. The Morgan fingerprint density at radius 3 is 1.73 bits per heavy atom. The Morgan fingerprint density at radius 2 is 0.945 bits per heavy atom. The Morgan fingerprint density at radius 1 is 0.364 bits per heavy atom. The lowest BCUT2D eigenvalue weighted by atomic mass is 9.92. The lowest BCUT2D eigenvalue weighted by molar-refractivity contribution is 0.668. The molecule has 0 N–H and O–H groups in total. The minimum atomic E-state index is 0.635. The largest absolute Gasteiger partial charge is 0.456 e. The monoisotopic (exact) mass is 704 g/mol. The number of aliphatic imine (C=N–C) groups is 2. The molecule has 2 aromatic heterocycles. The first kappa shape index (κ1) is 31.2. The van der Waals surface area contributed by atoms with Crippen molar-refractivity contribution in [3.05, 3.63) is 199 Å². The summed E-state index contributed by atoms with van der Waals surface area (Å²) in [6.07, 6.45) is 2.84. The van der Waals surface area contributed by atoms with E-state index < -0.39 is 0 Å². The van der Waals surface area contributed by atoms with Crippen LogP contribution in [0.15, 0.2) is 201 Å². The maximum absolute atomic E-state index is 6.53. The van der Waals surface area contributed by atoms with E-state index in [0.717, 1.165) is 99.4 Å². The number of hydrogen-bond acceptors (Lipinski definition) is 4. The zero-order valence-electron chi connectivity index (χ0n) is 29.7. The highest BCUT2D eigenvalue weighted by molar-refractivity contribution is 6.23. The van der Waals surface area contributed by atoms with Gasteiger partial charge in [0.1, 0.15) is 22.3 Å². The van der Waals surface area contributed by atoms with Gasteiger partial charge in [0.25, 0.3) is 0 Å². The zero-order chi connectivity index (χ0) is 36.3.